The first-order chi connectivity index (χ1) is 15.5. The van der Waals surface area contributed by atoms with Gasteiger partial charge in [0.2, 0.25) is 5.95 Å². The molecule has 2 aromatic carbocycles. The number of ketones is 1. The molecule has 1 aliphatic carbocycles. The van der Waals surface area contributed by atoms with Crippen LogP contribution in [0.2, 0.25) is 0 Å². The minimum atomic E-state index is -1.29. The zero-order chi connectivity index (χ0) is 22.3. The number of nitrogens with zero attached hydrogens (tertiary/aromatic N) is 5. The number of carbonyl (C=O) groups is 2. The van der Waals surface area contributed by atoms with Gasteiger partial charge in [-0.25, -0.2) is 4.90 Å². The first kappa shape index (κ1) is 19.5. The van der Waals surface area contributed by atoms with E-state index in [1.165, 1.54) is 46.0 Å². The zero-order valence-electron chi connectivity index (χ0n) is 16.5. The van der Waals surface area contributed by atoms with Gasteiger partial charge in [0, 0.05) is 17.7 Å². The van der Waals surface area contributed by atoms with Crippen LogP contribution < -0.4 is 4.90 Å². The number of hydrogen-bond donors (Lipinski definition) is 0. The quantitative estimate of drug-likeness (QED) is 0.462. The lowest BCUT2D eigenvalue weighted by Crippen LogP contribution is -2.46. The highest BCUT2D eigenvalue weighted by molar-refractivity contribution is 6.03. The van der Waals surface area contributed by atoms with E-state index in [0.29, 0.717) is 11.3 Å². The predicted octanol–water partition coefficient (Wildman–Crippen LogP) is 2.60. The van der Waals surface area contributed by atoms with Gasteiger partial charge in [0.1, 0.15) is 6.61 Å². The summed E-state index contributed by atoms with van der Waals surface area (Å²) in [6.07, 6.45) is 5.70. The van der Waals surface area contributed by atoms with E-state index >= 15 is 0 Å². The van der Waals surface area contributed by atoms with Crippen LogP contribution in [0.3, 0.4) is 0 Å². The lowest BCUT2D eigenvalue weighted by atomic mass is 10.1. The summed E-state index contributed by atoms with van der Waals surface area (Å²) in [5, 5.41) is 15.5. The molecule has 1 aliphatic heterocycles. The van der Waals surface area contributed by atoms with E-state index in [0.717, 1.165) is 0 Å². The summed E-state index contributed by atoms with van der Waals surface area (Å²) in [6, 6.07) is 14.9. The topological polar surface area (TPSA) is 120 Å². The number of hydrogen-bond acceptors (Lipinski definition) is 7. The van der Waals surface area contributed by atoms with Gasteiger partial charge in [0.15, 0.2) is 17.3 Å². The standard InChI is InChI=1S/C22H15N5O5/c28-18-10-12-22(13-11-18)25(19(29)14-32-22)21-23-20(15-6-8-17(9-7-15)27(30)31)24-26(21)16-4-2-1-3-5-16/h1-13H,14H2. The van der Waals surface area contributed by atoms with Gasteiger partial charge in [-0.05, 0) is 48.6 Å². The van der Waals surface area contributed by atoms with Crippen molar-refractivity contribution >= 4 is 23.3 Å². The van der Waals surface area contributed by atoms with Crippen molar-refractivity contribution in [2.24, 2.45) is 0 Å². The Bertz CT molecular complexity index is 1280. The highest BCUT2D eigenvalue weighted by atomic mass is 16.6. The molecule has 1 fully saturated rings. The van der Waals surface area contributed by atoms with Gasteiger partial charge in [0.25, 0.3) is 11.6 Å². The number of amides is 1. The molecule has 3 aromatic rings. The van der Waals surface area contributed by atoms with E-state index in [1.807, 2.05) is 30.3 Å². The molecule has 2 aliphatic rings. The van der Waals surface area contributed by atoms with Crippen LogP contribution in [0, 0.1) is 10.1 Å². The maximum Gasteiger partial charge on any atom is 0.269 e. The van der Waals surface area contributed by atoms with Crippen molar-refractivity contribution < 1.29 is 19.2 Å². The van der Waals surface area contributed by atoms with Gasteiger partial charge in [-0.15, -0.1) is 5.10 Å². The highest BCUT2D eigenvalue weighted by Crippen LogP contribution is 2.36. The largest absolute Gasteiger partial charge is 0.338 e. The molecular formula is C22H15N5O5. The average molecular weight is 429 g/mol. The van der Waals surface area contributed by atoms with E-state index in [1.54, 1.807) is 12.1 Å². The monoisotopic (exact) mass is 429 g/mol. The SMILES string of the molecule is O=C1C=CC2(C=C1)OCC(=O)N2c1nc(-c2ccc([N+](=O)[O-])cc2)nn1-c1ccccc1. The molecular weight excluding hydrogens is 414 g/mol. The molecule has 0 atom stereocenters. The molecule has 5 rings (SSSR count). The van der Waals surface area contributed by atoms with Gasteiger partial charge >= 0.3 is 0 Å². The fraction of sp³-hybridized carbons (Fsp3) is 0.0909. The second-order valence-electron chi connectivity index (χ2n) is 7.13. The van der Waals surface area contributed by atoms with Crippen molar-refractivity contribution in [3.63, 3.8) is 0 Å². The molecule has 1 aromatic heterocycles. The summed E-state index contributed by atoms with van der Waals surface area (Å²) in [5.74, 6) is -0.104. The van der Waals surface area contributed by atoms with Crippen LogP contribution in [0.4, 0.5) is 11.6 Å². The molecule has 1 amide bonds. The van der Waals surface area contributed by atoms with Gasteiger partial charge in [-0.3, -0.25) is 19.7 Å². The molecule has 0 unspecified atom stereocenters. The number of ether oxygens (including phenoxy) is 1. The van der Waals surface area contributed by atoms with Crippen LogP contribution >= 0.6 is 0 Å². The molecule has 32 heavy (non-hydrogen) atoms. The number of carbonyl (C=O) groups excluding carboxylic acids is 2. The normalized spacial score (nSPS) is 16.8. The van der Waals surface area contributed by atoms with Gasteiger partial charge < -0.3 is 4.74 Å². The molecule has 0 saturated carbocycles. The van der Waals surface area contributed by atoms with Crippen LogP contribution in [0.1, 0.15) is 0 Å². The first-order valence-electron chi connectivity index (χ1n) is 9.64. The maximum absolute atomic E-state index is 12.9. The number of nitro benzene ring substituents is 1. The Labute approximate surface area is 181 Å². The summed E-state index contributed by atoms with van der Waals surface area (Å²) in [6.45, 7) is -0.197. The summed E-state index contributed by atoms with van der Waals surface area (Å²) in [7, 11) is 0. The molecule has 0 bridgehead atoms. The Morgan fingerprint density at radius 3 is 2.34 bits per heavy atom. The molecule has 0 radical (unpaired) electrons. The summed E-state index contributed by atoms with van der Waals surface area (Å²) in [4.78, 5) is 41.0. The van der Waals surface area contributed by atoms with E-state index in [-0.39, 0.29) is 35.8 Å². The summed E-state index contributed by atoms with van der Waals surface area (Å²) < 4.78 is 7.25. The third kappa shape index (κ3) is 3.19. The minimum absolute atomic E-state index is 0.0549. The van der Waals surface area contributed by atoms with Gasteiger partial charge in [-0.2, -0.15) is 9.67 Å². The number of anilines is 1. The van der Waals surface area contributed by atoms with Crippen molar-refractivity contribution in [2.45, 2.75) is 5.72 Å². The number of aromatic nitrogens is 3. The van der Waals surface area contributed by atoms with Crippen LogP contribution in [-0.2, 0) is 14.3 Å². The minimum Gasteiger partial charge on any atom is -0.338 e. The van der Waals surface area contributed by atoms with Crippen molar-refractivity contribution in [1.82, 2.24) is 14.8 Å². The Morgan fingerprint density at radius 2 is 1.69 bits per heavy atom. The number of allylic oxidation sites excluding steroid dienone is 2. The van der Waals surface area contributed by atoms with E-state index in [2.05, 4.69) is 10.1 Å². The van der Waals surface area contributed by atoms with Crippen LogP contribution in [0.15, 0.2) is 78.9 Å². The second kappa shape index (κ2) is 7.36. The third-order valence-corrected chi connectivity index (χ3v) is 5.13. The second-order valence-corrected chi connectivity index (χ2v) is 7.13. The Morgan fingerprint density at radius 1 is 1.00 bits per heavy atom. The molecule has 0 N–H and O–H groups in total. The smallest absolute Gasteiger partial charge is 0.269 e. The third-order valence-electron chi connectivity index (χ3n) is 5.13. The highest BCUT2D eigenvalue weighted by Gasteiger charge is 2.48. The summed E-state index contributed by atoms with van der Waals surface area (Å²) in [5.41, 5.74) is -0.159. The molecule has 10 heteroatoms. The van der Waals surface area contributed by atoms with Crippen LogP contribution in [-0.4, -0.2) is 43.7 Å². The first-order valence-corrected chi connectivity index (χ1v) is 9.64. The lowest BCUT2D eigenvalue weighted by molar-refractivity contribution is -0.384. The zero-order valence-corrected chi connectivity index (χ0v) is 16.5. The Balaban J connectivity index is 1.66. The van der Waals surface area contributed by atoms with Crippen molar-refractivity contribution in [2.75, 3.05) is 11.5 Å². The van der Waals surface area contributed by atoms with E-state index in [9.17, 15) is 19.7 Å². The molecule has 1 saturated heterocycles. The molecule has 1 spiro atoms. The molecule has 158 valence electrons. The lowest BCUT2D eigenvalue weighted by Gasteiger charge is -2.31. The average Bonchev–Trinajstić information content (AvgIpc) is 3.38. The van der Waals surface area contributed by atoms with Crippen LogP contribution in [0.5, 0.6) is 0 Å². The number of nitro groups is 1. The van der Waals surface area contributed by atoms with E-state index < -0.39 is 10.6 Å². The predicted molar refractivity (Wildman–Crippen MR) is 113 cm³/mol. The number of rotatable bonds is 4. The summed E-state index contributed by atoms with van der Waals surface area (Å²) >= 11 is 0. The molecule has 10 nitrogen and oxygen atoms in total. The van der Waals surface area contributed by atoms with Crippen LogP contribution in [0.25, 0.3) is 17.1 Å². The van der Waals surface area contributed by atoms with Gasteiger partial charge in [0.05, 0.1) is 10.6 Å². The van der Waals surface area contributed by atoms with Gasteiger partial charge in [-0.1, -0.05) is 18.2 Å². The maximum atomic E-state index is 12.9. The number of benzene rings is 2. The number of para-hydroxylation sites is 1. The Hall–Kier alpha value is -4.44. The van der Waals surface area contributed by atoms with Crippen molar-refractivity contribution in [3.8, 4) is 17.1 Å². The molecule has 2 heterocycles. The fourth-order valence-electron chi connectivity index (χ4n) is 3.57. The van der Waals surface area contributed by atoms with E-state index in [4.69, 9.17) is 4.74 Å². The fourth-order valence-corrected chi connectivity index (χ4v) is 3.57. The van der Waals surface area contributed by atoms with Crippen molar-refractivity contribution in [1.29, 1.82) is 0 Å². The van der Waals surface area contributed by atoms with Crippen molar-refractivity contribution in [3.05, 3.63) is 89.0 Å². The number of non-ortho nitro benzene ring substituents is 1. The Kier molecular flexibility index (Phi) is 4.49.